The number of pyridine rings is 1. The topological polar surface area (TPSA) is 85.6 Å². The lowest BCUT2D eigenvalue weighted by Gasteiger charge is -2.16. The molecule has 0 atom stereocenters. The van der Waals surface area contributed by atoms with Crippen molar-refractivity contribution in [1.29, 1.82) is 0 Å². The zero-order valence-corrected chi connectivity index (χ0v) is 18.6. The molecular weight excluding hydrogens is 418 g/mol. The summed E-state index contributed by atoms with van der Waals surface area (Å²) < 4.78 is 6.47. The first-order chi connectivity index (χ1) is 16.0. The third-order valence-corrected chi connectivity index (χ3v) is 5.32. The molecule has 0 fully saturated rings. The molecule has 0 aliphatic rings. The van der Waals surface area contributed by atoms with Gasteiger partial charge in [-0.1, -0.05) is 72.8 Å². The SMILES string of the molecule is COC(=O)Cc1cn(Cc2ccccc2)c(=O)c(CCCC(=O)O)c1C=Cc1ccccc1. The molecule has 1 heterocycles. The number of hydrogen-bond donors (Lipinski definition) is 1. The van der Waals surface area contributed by atoms with Crippen LogP contribution in [0.1, 0.15) is 40.7 Å². The molecule has 0 saturated heterocycles. The average Bonchev–Trinajstić information content (AvgIpc) is 2.82. The molecule has 2 aromatic carbocycles. The Morgan fingerprint density at radius 1 is 1.00 bits per heavy atom. The van der Waals surface area contributed by atoms with E-state index in [1.54, 1.807) is 10.8 Å². The van der Waals surface area contributed by atoms with Crippen LogP contribution in [0.4, 0.5) is 0 Å². The molecule has 0 amide bonds. The maximum Gasteiger partial charge on any atom is 0.310 e. The van der Waals surface area contributed by atoms with Crippen molar-refractivity contribution >= 4 is 24.1 Å². The fourth-order valence-electron chi connectivity index (χ4n) is 3.67. The summed E-state index contributed by atoms with van der Waals surface area (Å²) in [5, 5.41) is 9.08. The average molecular weight is 446 g/mol. The Morgan fingerprint density at radius 3 is 2.30 bits per heavy atom. The van der Waals surface area contributed by atoms with Crippen molar-refractivity contribution in [2.45, 2.75) is 32.2 Å². The number of aliphatic carboxylic acids is 1. The van der Waals surface area contributed by atoms with Crippen molar-refractivity contribution in [2.75, 3.05) is 7.11 Å². The fourth-order valence-corrected chi connectivity index (χ4v) is 3.67. The second-order valence-corrected chi connectivity index (χ2v) is 7.71. The van der Waals surface area contributed by atoms with Crippen molar-refractivity contribution in [2.24, 2.45) is 0 Å². The molecular formula is C27H27NO5. The largest absolute Gasteiger partial charge is 0.481 e. The van der Waals surface area contributed by atoms with E-state index in [-0.39, 0.29) is 18.4 Å². The van der Waals surface area contributed by atoms with E-state index >= 15 is 0 Å². The number of aromatic nitrogens is 1. The molecule has 170 valence electrons. The monoisotopic (exact) mass is 445 g/mol. The fraction of sp³-hybridized carbons (Fsp3) is 0.222. The van der Waals surface area contributed by atoms with Crippen LogP contribution in [0.2, 0.25) is 0 Å². The summed E-state index contributed by atoms with van der Waals surface area (Å²) in [6.45, 7) is 0.350. The smallest absolute Gasteiger partial charge is 0.310 e. The highest BCUT2D eigenvalue weighted by atomic mass is 16.5. The number of hydrogen-bond acceptors (Lipinski definition) is 4. The number of nitrogens with zero attached hydrogens (tertiary/aromatic N) is 1. The van der Waals surface area contributed by atoms with Crippen molar-refractivity contribution in [3.05, 3.63) is 105 Å². The zero-order chi connectivity index (χ0) is 23.6. The Labute approximate surface area is 192 Å². The number of carboxylic acid groups (broad SMARTS) is 1. The molecule has 33 heavy (non-hydrogen) atoms. The highest BCUT2D eigenvalue weighted by Crippen LogP contribution is 2.20. The Balaban J connectivity index is 2.11. The second kappa shape index (κ2) is 11.6. The standard InChI is InChI=1S/C27H27NO5/c1-33-26(31)17-22-19-28(18-21-11-6-3-7-12-21)27(32)24(13-8-14-25(29)30)23(22)16-15-20-9-4-2-5-10-20/h2-7,9-12,15-16,19H,8,13-14,17-18H2,1H3,(H,29,30). The van der Waals surface area contributed by atoms with Crippen molar-refractivity contribution in [1.82, 2.24) is 4.57 Å². The molecule has 6 nitrogen and oxygen atoms in total. The first-order valence-electron chi connectivity index (χ1n) is 10.8. The van der Waals surface area contributed by atoms with E-state index in [4.69, 9.17) is 9.84 Å². The van der Waals surface area contributed by atoms with Crippen molar-refractivity contribution < 1.29 is 19.4 Å². The normalized spacial score (nSPS) is 10.9. The Hall–Kier alpha value is -3.93. The molecule has 6 heteroatoms. The van der Waals surface area contributed by atoms with Gasteiger partial charge in [0.1, 0.15) is 0 Å². The van der Waals surface area contributed by atoms with E-state index in [9.17, 15) is 14.4 Å². The lowest BCUT2D eigenvalue weighted by molar-refractivity contribution is -0.140. The quantitative estimate of drug-likeness (QED) is 0.473. The van der Waals surface area contributed by atoms with Gasteiger partial charge in [-0.25, -0.2) is 0 Å². The highest BCUT2D eigenvalue weighted by molar-refractivity contribution is 5.78. The van der Waals surface area contributed by atoms with Crippen LogP contribution in [-0.2, 0) is 33.7 Å². The predicted octanol–water partition coefficient (Wildman–Crippen LogP) is 4.19. The number of carboxylic acids is 1. The number of ether oxygens (including phenoxy) is 1. The van der Waals surface area contributed by atoms with E-state index in [2.05, 4.69) is 0 Å². The van der Waals surface area contributed by atoms with Crippen LogP contribution in [0.3, 0.4) is 0 Å². The second-order valence-electron chi connectivity index (χ2n) is 7.71. The molecule has 0 radical (unpaired) electrons. The van der Waals surface area contributed by atoms with Crippen LogP contribution in [0.15, 0.2) is 71.7 Å². The molecule has 3 aromatic rings. The number of methoxy groups -OCH3 is 1. The summed E-state index contributed by atoms with van der Waals surface area (Å²) in [4.78, 5) is 36.7. The summed E-state index contributed by atoms with van der Waals surface area (Å²) in [5.74, 6) is -1.32. The van der Waals surface area contributed by atoms with Gasteiger partial charge in [0.25, 0.3) is 5.56 Å². The molecule has 0 aliphatic heterocycles. The van der Waals surface area contributed by atoms with Gasteiger partial charge in [-0.3, -0.25) is 14.4 Å². The molecule has 0 aliphatic carbocycles. The maximum absolute atomic E-state index is 13.5. The molecule has 0 bridgehead atoms. The lowest BCUT2D eigenvalue weighted by atomic mass is 9.96. The minimum atomic E-state index is -0.910. The van der Waals surface area contributed by atoms with Crippen LogP contribution < -0.4 is 5.56 Å². The number of carbonyl (C=O) groups excluding carboxylic acids is 1. The minimum absolute atomic E-state index is 0.00592. The van der Waals surface area contributed by atoms with Crippen molar-refractivity contribution in [3.63, 3.8) is 0 Å². The first kappa shape index (κ1) is 23.7. The molecule has 3 rings (SSSR count). The lowest BCUT2D eigenvalue weighted by Crippen LogP contribution is -2.27. The first-order valence-corrected chi connectivity index (χ1v) is 10.8. The molecule has 1 aromatic heterocycles. The minimum Gasteiger partial charge on any atom is -0.481 e. The van der Waals surface area contributed by atoms with E-state index < -0.39 is 11.9 Å². The van der Waals surface area contributed by atoms with E-state index in [0.717, 1.165) is 11.1 Å². The van der Waals surface area contributed by atoms with Gasteiger partial charge in [-0.2, -0.15) is 0 Å². The number of carbonyl (C=O) groups is 2. The molecule has 0 saturated carbocycles. The van der Waals surface area contributed by atoms with Gasteiger partial charge < -0.3 is 14.4 Å². The molecule has 0 spiro atoms. The van der Waals surface area contributed by atoms with Gasteiger partial charge in [0.15, 0.2) is 0 Å². The Kier molecular flexibility index (Phi) is 8.36. The summed E-state index contributed by atoms with van der Waals surface area (Å²) in [6, 6.07) is 19.2. The third kappa shape index (κ3) is 6.77. The van der Waals surface area contributed by atoms with Crippen LogP contribution in [0.25, 0.3) is 12.2 Å². The van der Waals surface area contributed by atoms with Crippen LogP contribution in [-0.4, -0.2) is 28.7 Å². The van der Waals surface area contributed by atoms with Gasteiger partial charge in [-0.05, 0) is 35.1 Å². The van der Waals surface area contributed by atoms with Crippen LogP contribution in [0.5, 0.6) is 0 Å². The van der Waals surface area contributed by atoms with Gasteiger partial charge in [0.05, 0.1) is 20.1 Å². The number of rotatable bonds is 10. The van der Waals surface area contributed by atoms with E-state index in [1.807, 2.05) is 72.8 Å². The van der Waals surface area contributed by atoms with Crippen molar-refractivity contribution in [3.8, 4) is 0 Å². The molecule has 0 unspecified atom stereocenters. The maximum atomic E-state index is 13.5. The van der Waals surface area contributed by atoms with Gasteiger partial charge in [0, 0.05) is 18.2 Å². The number of esters is 1. The highest BCUT2D eigenvalue weighted by Gasteiger charge is 2.17. The van der Waals surface area contributed by atoms with E-state index in [0.29, 0.717) is 36.1 Å². The Bertz CT molecular complexity index is 1180. The predicted molar refractivity (Wildman–Crippen MR) is 128 cm³/mol. The van der Waals surface area contributed by atoms with Crippen LogP contribution >= 0.6 is 0 Å². The Morgan fingerprint density at radius 2 is 1.67 bits per heavy atom. The summed E-state index contributed by atoms with van der Waals surface area (Å²) >= 11 is 0. The van der Waals surface area contributed by atoms with Gasteiger partial charge in [-0.15, -0.1) is 0 Å². The van der Waals surface area contributed by atoms with Gasteiger partial charge >= 0.3 is 11.9 Å². The molecule has 1 N–H and O–H groups in total. The van der Waals surface area contributed by atoms with Gasteiger partial charge in [0.2, 0.25) is 0 Å². The zero-order valence-electron chi connectivity index (χ0n) is 18.6. The number of benzene rings is 2. The third-order valence-electron chi connectivity index (χ3n) is 5.32. The summed E-state index contributed by atoms with van der Waals surface area (Å²) in [5.41, 5.74) is 3.52. The summed E-state index contributed by atoms with van der Waals surface area (Å²) in [6.07, 6.45) is 6.01. The van der Waals surface area contributed by atoms with Crippen LogP contribution in [0, 0.1) is 0 Å². The van der Waals surface area contributed by atoms with E-state index in [1.165, 1.54) is 7.11 Å². The summed E-state index contributed by atoms with van der Waals surface area (Å²) in [7, 11) is 1.33.